The van der Waals surface area contributed by atoms with Gasteiger partial charge in [-0.05, 0) is 6.07 Å². The second-order valence-electron chi connectivity index (χ2n) is 4.47. The highest BCUT2D eigenvalue weighted by atomic mass is 16.6. The van der Waals surface area contributed by atoms with Crippen molar-refractivity contribution in [2.75, 3.05) is 0 Å². The number of aromatic hydroxyl groups is 1. The highest BCUT2D eigenvalue weighted by molar-refractivity contribution is 5.79. The fourth-order valence-electron chi connectivity index (χ4n) is 1.93. The molecule has 0 aromatic heterocycles. The van der Waals surface area contributed by atoms with E-state index in [1.54, 1.807) is 36.4 Å². The van der Waals surface area contributed by atoms with Gasteiger partial charge in [0, 0.05) is 23.7 Å². The highest BCUT2D eigenvalue weighted by Crippen LogP contribution is 2.18. The van der Waals surface area contributed by atoms with Crippen molar-refractivity contribution in [1.82, 2.24) is 5.32 Å². The molecule has 108 valence electrons. The zero-order valence-corrected chi connectivity index (χ0v) is 11.2. The van der Waals surface area contributed by atoms with Crippen molar-refractivity contribution in [1.29, 1.82) is 0 Å². The summed E-state index contributed by atoms with van der Waals surface area (Å²) >= 11 is 0. The quantitative estimate of drug-likeness (QED) is 0.650. The lowest BCUT2D eigenvalue weighted by molar-refractivity contribution is -0.385. The molecule has 21 heavy (non-hydrogen) atoms. The van der Waals surface area contributed by atoms with Crippen molar-refractivity contribution in [2.45, 2.75) is 13.0 Å². The minimum absolute atomic E-state index is 0.0739. The first kappa shape index (κ1) is 14.5. The molecule has 6 nitrogen and oxygen atoms in total. The largest absolute Gasteiger partial charge is 0.508 e. The Morgan fingerprint density at radius 3 is 2.38 bits per heavy atom. The molecule has 0 aliphatic carbocycles. The van der Waals surface area contributed by atoms with E-state index in [2.05, 4.69) is 5.32 Å². The van der Waals surface area contributed by atoms with E-state index < -0.39 is 4.92 Å². The number of carbonyl (C=O) groups excluding carboxylic acids is 1. The topological polar surface area (TPSA) is 92.5 Å². The maximum Gasteiger partial charge on any atom is 0.273 e. The fourth-order valence-corrected chi connectivity index (χ4v) is 1.93. The number of nitro groups is 1. The zero-order chi connectivity index (χ0) is 15.2. The average molecular weight is 286 g/mol. The van der Waals surface area contributed by atoms with Gasteiger partial charge in [-0.25, -0.2) is 0 Å². The number of phenolic OH excluding ortho intramolecular Hbond substituents is 1. The second kappa shape index (κ2) is 6.51. The molecule has 1 amide bonds. The van der Waals surface area contributed by atoms with E-state index in [1.165, 1.54) is 12.1 Å². The molecule has 0 saturated heterocycles. The normalized spacial score (nSPS) is 10.1. The molecule has 0 unspecified atom stereocenters. The molecule has 2 aromatic carbocycles. The Kier molecular flexibility index (Phi) is 4.50. The van der Waals surface area contributed by atoms with Crippen LogP contribution in [0.4, 0.5) is 5.69 Å². The summed E-state index contributed by atoms with van der Waals surface area (Å²) in [5.74, 6) is -0.240. The van der Waals surface area contributed by atoms with E-state index in [4.69, 9.17) is 0 Å². The van der Waals surface area contributed by atoms with Gasteiger partial charge >= 0.3 is 0 Å². The van der Waals surface area contributed by atoms with Gasteiger partial charge in [0.15, 0.2) is 0 Å². The summed E-state index contributed by atoms with van der Waals surface area (Å²) in [6, 6.07) is 12.8. The Balaban J connectivity index is 2.00. The minimum atomic E-state index is -0.508. The number of phenols is 1. The van der Waals surface area contributed by atoms with Crippen LogP contribution in [0.5, 0.6) is 5.75 Å². The number of para-hydroxylation sites is 2. The number of nitrogens with zero attached hydrogens (tertiary/aromatic N) is 1. The Morgan fingerprint density at radius 2 is 1.71 bits per heavy atom. The Hall–Kier alpha value is -2.89. The van der Waals surface area contributed by atoms with E-state index in [-0.39, 0.29) is 30.3 Å². The zero-order valence-electron chi connectivity index (χ0n) is 11.2. The number of nitro benzene ring substituents is 1. The third-order valence-electron chi connectivity index (χ3n) is 3.01. The third kappa shape index (κ3) is 3.79. The Morgan fingerprint density at radius 1 is 1.10 bits per heavy atom. The second-order valence-corrected chi connectivity index (χ2v) is 4.47. The van der Waals surface area contributed by atoms with Crippen LogP contribution in [0.25, 0.3) is 0 Å². The van der Waals surface area contributed by atoms with Crippen molar-refractivity contribution in [3.63, 3.8) is 0 Å². The van der Waals surface area contributed by atoms with Crippen molar-refractivity contribution >= 4 is 11.6 Å². The molecule has 0 atom stereocenters. The van der Waals surface area contributed by atoms with Gasteiger partial charge in [-0.3, -0.25) is 14.9 Å². The molecule has 0 saturated carbocycles. The van der Waals surface area contributed by atoms with Gasteiger partial charge in [0.25, 0.3) is 5.69 Å². The van der Waals surface area contributed by atoms with E-state index in [0.29, 0.717) is 11.1 Å². The summed E-state index contributed by atoms with van der Waals surface area (Å²) in [6.07, 6.45) is -0.0786. The molecule has 2 aromatic rings. The van der Waals surface area contributed by atoms with Crippen LogP contribution < -0.4 is 5.32 Å². The molecule has 0 fully saturated rings. The van der Waals surface area contributed by atoms with Crippen LogP contribution in [0.15, 0.2) is 48.5 Å². The summed E-state index contributed by atoms with van der Waals surface area (Å²) in [6.45, 7) is 0.173. The van der Waals surface area contributed by atoms with Crippen LogP contribution in [0.2, 0.25) is 0 Å². The van der Waals surface area contributed by atoms with Crippen LogP contribution in [-0.2, 0) is 17.8 Å². The lowest BCUT2D eigenvalue weighted by atomic mass is 10.1. The fraction of sp³-hybridized carbons (Fsp3) is 0.133. The standard InChI is InChI=1S/C15H14N2O4/c18-14-8-4-2-6-12(14)10-16-15(19)9-11-5-1-3-7-13(11)17(20)21/h1-8,18H,9-10H2,(H,16,19). The van der Waals surface area contributed by atoms with Crippen LogP contribution in [-0.4, -0.2) is 15.9 Å². The summed E-state index contributed by atoms with van der Waals surface area (Å²) in [5.41, 5.74) is 0.876. The number of rotatable bonds is 5. The minimum Gasteiger partial charge on any atom is -0.508 e. The van der Waals surface area contributed by atoms with Crippen molar-refractivity contribution in [2.24, 2.45) is 0 Å². The van der Waals surface area contributed by atoms with E-state index in [0.717, 1.165) is 0 Å². The lowest BCUT2D eigenvalue weighted by Gasteiger charge is -2.07. The molecule has 0 bridgehead atoms. The molecule has 2 rings (SSSR count). The van der Waals surface area contributed by atoms with Crippen LogP contribution in [0, 0.1) is 10.1 Å². The molecule has 0 aliphatic rings. The Labute approximate surface area is 121 Å². The number of carbonyl (C=O) groups is 1. The molecular formula is C15H14N2O4. The van der Waals surface area contributed by atoms with Crippen molar-refractivity contribution in [3.8, 4) is 5.75 Å². The van der Waals surface area contributed by atoms with Gasteiger partial charge in [0.2, 0.25) is 5.91 Å². The van der Waals surface area contributed by atoms with Crippen LogP contribution >= 0.6 is 0 Å². The number of hydrogen-bond donors (Lipinski definition) is 2. The summed E-state index contributed by atoms with van der Waals surface area (Å²) in [7, 11) is 0. The van der Waals surface area contributed by atoms with Crippen LogP contribution in [0.3, 0.4) is 0 Å². The summed E-state index contributed by atoms with van der Waals surface area (Å²) in [5, 5.41) is 23.1. The van der Waals surface area contributed by atoms with Gasteiger partial charge in [0.05, 0.1) is 11.3 Å². The number of nitrogens with one attached hydrogen (secondary N) is 1. The Bertz CT molecular complexity index is 670. The van der Waals surface area contributed by atoms with Gasteiger partial charge < -0.3 is 10.4 Å². The molecule has 0 spiro atoms. The maximum atomic E-state index is 11.9. The van der Waals surface area contributed by atoms with Crippen LogP contribution in [0.1, 0.15) is 11.1 Å². The van der Waals surface area contributed by atoms with Crippen molar-refractivity contribution in [3.05, 3.63) is 69.8 Å². The van der Waals surface area contributed by atoms with E-state index >= 15 is 0 Å². The molecule has 0 radical (unpaired) electrons. The van der Waals surface area contributed by atoms with Gasteiger partial charge in [-0.2, -0.15) is 0 Å². The predicted octanol–water partition coefficient (Wildman–Crippen LogP) is 2.16. The first-order valence-electron chi connectivity index (χ1n) is 6.34. The van der Waals surface area contributed by atoms with E-state index in [9.17, 15) is 20.0 Å². The number of benzene rings is 2. The average Bonchev–Trinajstić information content (AvgIpc) is 2.47. The summed E-state index contributed by atoms with van der Waals surface area (Å²) in [4.78, 5) is 22.2. The molecule has 6 heteroatoms. The lowest BCUT2D eigenvalue weighted by Crippen LogP contribution is -2.24. The smallest absolute Gasteiger partial charge is 0.273 e. The third-order valence-corrected chi connectivity index (χ3v) is 3.01. The first-order valence-corrected chi connectivity index (χ1v) is 6.34. The SMILES string of the molecule is O=C(Cc1ccccc1[N+](=O)[O-])NCc1ccccc1O. The molecule has 2 N–H and O–H groups in total. The number of hydrogen-bond acceptors (Lipinski definition) is 4. The number of amides is 1. The van der Waals surface area contributed by atoms with Crippen molar-refractivity contribution < 1.29 is 14.8 Å². The molecule has 0 aliphatic heterocycles. The monoisotopic (exact) mass is 286 g/mol. The highest BCUT2D eigenvalue weighted by Gasteiger charge is 2.15. The predicted molar refractivity (Wildman–Crippen MR) is 76.8 cm³/mol. The maximum absolute atomic E-state index is 11.9. The molecule has 0 heterocycles. The van der Waals surface area contributed by atoms with Gasteiger partial charge in [-0.1, -0.05) is 36.4 Å². The van der Waals surface area contributed by atoms with Gasteiger partial charge in [-0.15, -0.1) is 0 Å². The van der Waals surface area contributed by atoms with E-state index in [1.807, 2.05) is 0 Å². The first-order chi connectivity index (χ1) is 10.1. The summed E-state index contributed by atoms with van der Waals surface area (Å²) < 4.78 is 0. The molecular weight excluding hydrogens is 272 g/mol. The van der Waals surface area contributed by atoms with Gasteiger partial charge in [0.1, 0.15) is 5.75 Å².